The third-order valence-corrected chi connectivity index (χ3v) is 9.45. The van der Waals surface area contributed by atoms with E-state index in [2.05, 4.69) is 36.2 Å². The van der Waals surface area contributed by atoms with Crippen molar-refractivity contribution in [2.45, 2.75) is 38.4 Å². The Bertz CT molecular complexity index is 1710. The van der Waals surface area contributed by atoms with Crippen LogP contribution >= 0.6 is 15.9 Å². The van der Waals surface area contributed by atoms with Gasteiger partial charge in [0.05, 0.1) is 47.1 Å². The van der Waals surface area contributed by atoms with Gasteiger partial charge in [-0.05, 0) is 70.4 Å². The normalized spacial score (nSPS) is 16.3. The summed E-state index contributed by atoms with van der Waals surface area (Å²) in [7, 11) is -3.10. The zero-order valence-corrected chi connectivity index (χ0v) is 26.0. The number of hydrogen-bond donors (Lipinski definition) is 1. The number of nitrogens with one attached hydrogen (secondary N) is 1. The third-order valence-electron chi connectivity index (χ3n) is 7.01. The maximum absolute atomic E-state index is 13.5. The van der Waals surface area contributed by atoms with E-state index in [1.54, 1.807) is 24.6 Å². The van der Waals surface area contributed by atoms with Gasteiger partial charge in [0.15, 0.2) is 15.4 Å². The number of halogens is 2. The molecule has 0 saturated heterocycles. The predicted octanol–water partition coefficient (Wildman–Crippen LogP) is 6.61. The van der Waals surface area contributed by atoms with E-state index in [9.17, 15) is 12.8 Å². The molecule has 1 aliphatic rings. The summed E-state index contributed by atoms with van der Waals surface area (Å²) >= 11 is 3.56. The second kappa shape index (κ2) is 13.8. The van der Waals surface area contributed by atoms with E-state index in [0.29, 0.717) is 48.6 Å². The van der Waals surface area contributed by atoms with Crippen LogP contribution in [0.15, 0.2) is 77.9 Å². The predicted molar refractivity (Wildman–Crippen MR) is 166 cm³/mol. The summed E-state index contributed by atoms with van der Waals surface area (Å²) in [5, 5.41) is 4.12. The van der Waals surface area contributed by atoms with Crippen molar-refractivity contribution >= 4 is 48.2 Å². The summed E-state index contributed by atoms with van der Waals surface area (Å²) in [6.45, 7) is 2.54. The maximum Gasteiger partial charge on any atom is 0.155 e. The monoisotopic (exact) mass is 670 g/mol. The topological polar surface area (TPSA) is 113 Å². The van der Waals surface area contributed by atoms with Crippen LogP contribution < -0.4 is 10.1 Å². The SMILES string of the molecule is CCCS(=O)(=O)CCOCCC1(c2cc3c(Nc4ccc(OCc5cccc(F)c5)c(Br)c4)ncnc3cn2)CC=CO1. The highest BCUT2D eigenvalue weighted by Crippen LogP contribution is 2.39. The van der Waals surface area contributed by atoms with Gasteiger partial charge in [-0.25, -0.2) is 22.8 Å². The van der Waals surface area contributed by atoms with Crippen LogP contribution in [0.4, 0.5) is 15.9 Å². The fraction of sp³-hybridized carbons (Fsp3) is 0.323. The first-order chi connectivity index (χ1) is 20.8. The van der Waals surface area contributed by atoms with Crippen molar-refractivity contribution in [2.75, 3.05) is 30.0 Å². The van der Waals surface area contributed by atoms with Crippen LogP contribution in [0.1, 0.15) is 37.4 Å². The summed E-state index contributed by atoms with van der Waals surface area (Å²) in [5.41, 5.74) is 2.12. The summed E-state index contributed by atoms with van der Waals surface area (Å²) in [6.07, 6.45) is 8.45. The Morgan fingerprint density at radius 3 is 2.74 bits per heavy atom. The van der Waals surface area contributed by atoms with Gasteiger partial charge < -0.3 is 19.5 Å². The van der Waals surface area contributed by atoms with Gasteiger partial charge in [0, 0.05) is 29.7 Å². The van der Waals surface area contributed by atoms with Crippen LogP contribution in [0.2, 0.25) is 0 Å². The average molecular weight is 672 g/mol. The zero-order chi connectivity index (χ0) is 30.3. The van der Waals surface area contributed by atoms with E-state index < -0.39 is 15.4 Å². The van der Waals surface area contributed by atoms with Gasteiger partial charge in [-0.1, -0.05) is 19.1 Å². The van der Waals surface area contributed by atoms with E-state index in [0.717, 1.165) is 21.1 Å². The van der Waals surface area contributed by atoms with Gasteiger partial charge >= 0.3 is 0 Å². The molecule has 0 bridgehead atoms. The van der Waals surface area contributed by atoms with Gasteiger partial charge in [0.1, 0.15) is 30.3 Å². The van der Waals surface area contributed by atoms with Crippen LogP contribution in [-0.4, -0.2) is 48.1 Å². The summed E-state index contributed by atoms with van der Waals surface area (Å²) < 4.78 is 55.8. The smallest absolute Gasteiger partial charge is 0.155 e. The van der Waals surface area contributed by atoms with E-state index in [1.807, 2.05) is 37.3 Å². The minimum Gasteiger partial charge on any atom is -0.488 e. The highest BCUT2D eigenvalue weighted by atomic mass is 79.9. The molecule has 1 atom stereocenters. The second-order valence-electron chi connectivity index (χ2n) is 10.2. The Labute approximate surface area is 258 Å². The molecular formula is C31H32BrFN4O5S. The Kier molecular flexibility index (Phi) is 9.89. The number of sulfone groups is 1. The van der Waals surface area contributed by atoms with Crippen molar-refractivity contribution in [3.05, 3.63) is 94.9 Å². The summed E-state index contributed by atoms with van der Waals surface area (Å²) in [5.74, 6) is 1.07. The van der Waals surface area contributed by atoms with Crippen molar-refractivity contribution in [1.82, 2.24) is 15.0 Å². The molecule has 2 aromatic heterocycles. The molecule has 0 saturated carbocycles. The van der Waals surface area contributed by atoms with Crippen molar-refractivity contribution in [1.29, 1.82) is 0 Å². The van der Waals surface area contributed by atoms with Crippen molar-refractivity contribution < 1.29 is 27.0 Å². The quantitative estimate of drug-likeness (QED) is 0.148. The summed E-state index contributed by atoms with van der Waals surface area (Å²) in [6, 6.07) is 13.8. The van der Waals surface area contributed by atoms with Gasteiger partial charge in [-0.15, -0.1) is 0 Å². The molecular weight excluding hydrogens is 639 g/mol. The number of benzene rings is 2. The molecule has 9 nitrogen and oxygen atoms in total. The first kappa shape index (κ1) is 30.8. The van der Waals surface area contributed by atoms with Crippen molar-refractivity contribution in [2.24, 2.45) is 0 Å². The molecule has 1 N–H and O–H groups in total. The molecule has 0 radical (unpaired) electrons. The fourth-order valence-electron chi connectivity index (χ4n) is 4.79. The van der Waals surface area contributed by atoms with Crippen LogP contribution in [0.5, 0.6) is 5.75 Å². The van der Waals surface area contributed by atoms with E-state index in [-0.39, 0.29) is 30.5 Å². The highest BCUT2D eigenvalue weighted by Gasteiger charge is 2.37. The molecule has 1 aliphatic heterocycles. The molecule has 43 heavy (non-hydrogen) atoms. The number of fused-ring (bicyclic) bond motifs is 1. The minimum atomic E-state index is -3.10. The van der Waals surface area contributed by atoms with E-state index in [4.69, 9.17) is 14.2 Å². The van der Waals surface area contributed by atoms with Gasteiger partial charge in [-0.3, -0.25) is 4.98 Å². The van der Waals surface area contributed by atoms with E-state index in [1.165, 1.54) is 18.5 Å². The lowest BCUT2D eigenvalue weighted by atomic mass is 9.91. The molecule has 1 unspecified atom stereocenters. The van der Waals surface area contributed by atoms with Crippen LogP contribution in [0.25, 0.3) is 10.9 Å². The number of ether oxygens (including phenoxy) is 3. The lowest BCUT2D eigenvalue weighted by Gasteiger charge is -2.28. The number of nitrogens with zero attached hydrogens (tertiary/aromatic N) is 3. The lowest BCUT2D eigenvalue weighted by molar-refractivity contribution is -0.000452. The van der Waals surface area contributed by atoms with Gasteiger partial charge in [0.25, 0.3) is 0 Å². The Balaban J connectivity index is 1.29. The molecule has 0 fully saturated rings. The first-order valence-corrected chi connectivity index (χ1v) is 16.5. The highest BCUT2D eigenvalue weighted by molar-refractivity contribution is 9.10. The summed E-state index contributed by atoms with van der Waals surface area (Å²) in [4.78, 5) is 13.5. The number of rotatable bonds is 14. The molecule has 2 aromatic carbocycles. The number of anilines is 2. The number of pyridine rings is 1. The molecule has 0 spiro atoms. The van der Waals surface area contributed by atoms with Crippen molar-refractivity contribution in [3.63, 3.8) is 0 Å². The Hall–Kier alpha value is -3.61. The molecule has 0 aliphatic carbocycles. The number of aromatic nitrogens is 3. The Morgan fingerprint density at radius 1 is 1.09 bits per heavy atom. The van der Waals surface area contributed by atoms with Gasteiger partial charge in [-0.2, -0.15) is 0 Å². The maximum atomic E-state index is 13.5. The van der Waals surface area contributed by atoms with Crippen LogP contribution in [-0.2, 0) is 31.5 Å². The third kappa shape index (κ3) is 7.87. The minimum absolute atomic E-state index is 0.00374. The molecule has 3 heterocycles. The fourth-order valence-corrected chi connectivity index (χ4v) is 6.48. The molecule has 226 valence electrons. The molecule has 12 heteroatoms. The first-order valence-electron chi connectivity index (χ1n) is 13.9. The standard InChI is InChI=1S/C31H32BrFN4O5S/c1-2-14-43(38,39)15-13-40-12-10-31(9-4-11-42-31)29-18-25-27(19-34-29)35-21-36-30(25)37-24-7-8-28(26(32)17-24)41-20-22-5-3-6-23(33)16-22/h3-8,11,16-19,21H,2,9-10,12-15,20H2,1H3,(H,35,36,37). The van der Waals surface area contributed by atoms with Gasteiger partial charge in [0.2, 0.25) is 0 Å². The largest absolute Gasteiger partial charge is 0.488 e. The molecule has 4 aromatic rings. The zero-order valence-electron chi connectivity index (χ0n) is 23.6. The lowest BCUT2D eigenvalue weighted by Crippen LogP contribution is -2.28. The second-order valence-corrected chi connectivity index (χ2v) is 13.4. The number of hydrogen-bond acceptors (Lipinski definition) is 9. The Morgan fingerprint density at radius 2 is 1.98 bits per heavy atom. The molecule has 0 amide bonds. The average Bonchev–Trinajstić information content (AvgIpc) is 3.46. The molecule has 5 rings (SSSR count). The van der Waals surface area contributed by atoms with E-state index >= 15 is 0 Å². The van der Waals surface area contributed by atoms with Crippen molar-refractivity contribution in [3.8, 4) is 5.75 Å². The van der Waals surface area contributed by atoms with Crippen LogP contribution in [0.3, 0.4) is 0 Å². The van der Waals surface area contributed by atoms with Crippen LogP contribution in [0, 0.1) is 5.82 Å².